The lowest BCUT2D eigenvalue weighted by atomic mass is 10.1. The lowest BCUT2D eigenvalue weighted by Crippen LogP contribution is -2.33. The lowest BCUT2D eigenvalue weighted by molar-refractivity contribution is -0.118. The van der Waals surface area contributed by atoms with E-state index in [0.717, 1.165) is 43.7 Å². The molecule has 3 nitrogen and oxygen atoms in total. The van der Waals surface area contributed by atoms with E-state index in [4.69, 9.17) is 0 Å². The molecule has 30 heavy (non-hydrogen) atoms. The molecule has 0 saturated carbocycles. The molecule has 0 spiro atoms. The van der Waals surface area contributed by atoms with Crippen LogP contribution in [0.25, 0.3) is 0 Å². The van der Waals surface area contributed by atoms with Crippen molar-refractivity contribution in [1.82, 2.24) is 0 Å². The molecular formula is C26H35FN2O. The van der Waals surface area contributed by atoms with Crippen molar-refractivity contribution in [2.75, 3.05) is 29.4 Å². The van der Waals surface area contributed by atoms with Crippen molar-refractivity contribution in [1.29, 1.82) is 0 Å². The summed E-state index contributed by atoms with van der Waals surface area (Å²) in [7, 11) is 0. The van der Waals surface area contributed by atoms with E-state index in [1.54, 1.807) is 12.1 Å². The molecular weight excluding hydrogens is 375 g/mol. The number of benzene rings is 2. The van der Waals surface area contributed by atoms with Crippen molar-refractivity contribution < 1.29 is 9.18 Å². The summed E-state index contributed by atoms with van der Waals surface area (Å²) in [5.74, 6) is -0.199. The Labute approximate surface area is 180 Å². The van der Waals surface area contributed by atoms with E-state index in [9.17, 15) is 9.18 Å². The van der Waals surface area contributed by atoms with Crippen LogP contribution in [-0.4, -0.2) is 25.5 Å². The lowest BCUT2D eigenvalue weighted by Gasteiger charge is -2.29. The highest BCUT2D eigenvalue weighted by atomic mass is 19.1. The fraction of sp³-hybridized carbons (Fsp3) is 0.500. The maximum atomic E-state index is 13.2. The molecule has 0 atom stereocenters. The molecule has 0 bridgehead atoms. The Balaban J connectivity index is 1.68. The van der Waals surface area contributed by atoms with Crippen LogP contribution >= 0.6 is 0 Å². The zero-order chi connectivity index (χ0) is 21.2. The highest BCUT2D eigenvalue weighted by Gasteiger charge is 2.17. The van der Waals surface area contributed by atoms with Gasteiger partial charge in [-0.3, -0.25) is 4.79 Å². The third-order valence-corrected chi connectivity index (χ3v) is 5.94. The Kier molecular flexibility index (Phi) is 8.73. The predicted molar refractivity (Wildman–Crippen MR) is 124 cm³/mol. The Morgan fingerprint density at radius 3 is 2.23 bits per heavy atom. The SMILES string of the molecule is CCCCCCCN(C(=O)Cc1ccc(F)cc1)c1ccc(N2CCCCC2)cc1. The molecule has 1 aliphatic rings. The monoisotopic (exact) mass is 410 g/mol. The molecule has 0 radical (unpaired) electrons. The quantitative estimate of drug-likeness (QED) is 0.425. The number of unbranched alkanes of at least 4 members (excludes halogenated alkanes) is 4. The highest BCUT2D eigenvalue weighted by molar-refractivity contribution is 5.94. The van der Waals surface area contributed by atoms with E-state index in [0.29, 0.717) is 6.42 Å². The van der Waals surface area contributed by atoms with Crippen LogP contribution in [0.2, 0.25) is 0 Å². The first-order valence-corrected chi connectivity index (χ1v) is 11.6. The molecule has 162 valence electrons. The fourth-order valence-corrected chi connectivity index (χ4v) is 4.14. The van der Waals surface area contributed by atoms with Gasteiger partial charge < -0.3 is 9.80 Å². The number of carbonyl (C=O) groups excluding carboxylic acids is 1. The summed E-state index contributed by atoms with van der Waals surface area (Å²) in [5.41, 5.74) is 3.05. The maximum absolute atomic E-state index is 13.2. The third-order valence-electron chi connectivity index (χ3n) is 5.94. The van der Waals surface area contributed by atoms with Crippen LogP contribution in [0.1, 0.15) is 63.9 Å². The predicted octanol–water partition coefficient (Wildman–Crippen LogP) is 6.36. The number of amides is 1. The van der Waals surface area contributed by atoms with E-state index in [2.05, 4.69) is 36.1 Å². The van der Waals surface area contributed by atoms with Crippen molar-refractivity contribution in [3.05, 3.63) is 59.9 Å². The van der Waals surface area contributed by atoms with Gasteiger partial charge in [-0.2, -0.15) is 0 Å². The zero-order valence-corrected chi connectivity index (χ0v) is 18.3. The van der Waals surface area contributed by atoms with Gasteiger partial charge in [-0.05, 0) is 67.6 Å². The van der Waals surface area contributed by atoms with Crippen molar-refractivity contribution in [3.8, 4) is 0 Å². The van der Waals surface area contributed by atoms with Gasteiger partial charge in [-0.15, -0.1) is 0 Å². The molecule has 1 heterocycles. The van der Waals surface area contributed by atoms with Crippen molar-refractivity contribution in [2.45, 2.75) is 64.7 Å². The van der Waals surface area contributed by atoms with Gasteiger partial charge in [-0.25, -0.2) is 4.39 Å². The molecule has 1 saturated heterocycles. The number of carbonyl (C=O) groups is 1. The summed E-state index contributed by atoms with van der Waals surface area (Å²) in [6, 6.07) is 14.7. The number of piperidine rings is 1. The number of anilines is 2. The van der Waals surface area contributed by atoms with E-state index >= 15 is 0 Å². The van der Waals surface area contributed by atoms with Crippen LogP contribution < -0.4 is 9.80 Å². The summed E-state index contributed by atoms with van der Waals surface area (Å²) in [5, 5.41) is 0. The highest BCUT2D eigenvalue weighted by Crippen LogP contribution is 2.25. The average molecular weight is 411 g/mol. The van der Waals surface area contributed by atoms with Gasteiger partial charge in [0.05, 0.1) is 6.42 Å². The first-order valence-electron chi connectivity index (χ1n) is 11.6. The summed E-state index contributed by atoms with van der Waals surface area (Å²) >= 11 is 0. The van der Waals surface area contributed by atoms with Gasteiger partial charge in [0.25, 0.3) is 0 Å². The molecule has 1 amide bonds. The van der Waals surface area contributed by atoms with E-state index in [1.165, 1.54) is 56.3 Å². The Bertz CT molecular complexity index is 767. The second kappa shape index (κ2) is 11.7. The molecule has 0 N–H and O–H groups in total. The second-order valence-electron chi connectivity index (χ2n) is 8.33. The minimum atomic E-state index is -0.271. The molecule has 0 aliphatic carbocycles. The van der Waals surface area contributed by atoms with Crippen LogP contribution in [0.5, 0.6) is 0 Å². The molecule has 1 aliphatic heterocycles. The topological polar surface area (TPSA) is 23.6 Å². The van der Waals surface area contributed by atoms with Crippen LogP contribution in [0, 0.1) is 5.82 Å². The van der Waals surface area contributed by atoms with Crippen molar-refractivity contribution in [2.24, 2.45) is 0 Å². The number of rotatable bonds is 10. The van der Waals surface area contributed by atoms with Crippen LogP contribution in [0.4, 0.5) is 15.8 Å². The van der Waals surface area contributed by atoms with E-state index in [1.807, 2.05) is 4.90 Å². The molecule has 2 aromatic rings. The minimum Gasteiger partial charge on any atom is -0.372 e. The maximum Gasteiger partial charge on any atom is 0.231 e. The van der Waals surface area contributed by atoms with Gasteiger partial charge >= 0.3 is 0 Å². The zero-order valence-electron chi connectivity index (χ0n) is 18.3. The number of nitrogens with zero attached hydrogens (tertiary/aromatic N) is 2. The summed E-state index contributed by atoms with van der Waals surface area (Å²) in [4.78, 5) is 17.5. The molecule has 0 aromatic heterocycles. The van der Waals surface area contributed by atoms with Crippen molar-refractivity contribution >= 4 is 17.3 Å². The minimum absolute atomic E-state index is 0.0721. The Morgan fingerprint density at radius 1 is 0.900 bits per heavy atom. The van der Waals surface area contributed by atoms with Crippen LogP contribution in [0.3, 0.4) is 0 Å². The molecule has 0 unspecified atom stereocenters. The van der Waals surface area contributed by atoms with Crippen molar-refractivity contribution in [3.63, 3.8) is 0 Å². The smallest absolute Gasteiger partial charge is 0.231 e. The van der Waals surface area contributed by atoms with Gasteiger partial charge in [0.1, 0.15) is 5.82 Å². The van der Waals surface area contributed by atoms with Crippen LogP contribution in [0.15, 0.2) is 48.5 Å². The number of halogens is 1. The summed E-state index contributed by atoms with van der Waals surface area (Å²) < 4.78 is 13.2. The Hall–Kier alpha value is -2.36. The summed E-state index contributed by atoms with van der Waals surface area (Å²) in [6.07, 6.45) is 9.93. The summed E-state index contributed by atoms with van der Waals surface area (Å²) in [6.45, 7) is 5.17. The van der Waals surface area contributed by atoms with E-state index < -0.39 is 0 Å². The third kappa shape index (κ3) is 6.58. The number of hydrogen-bond donors (Lipinski definition) is 0. The van der Waals surface area contributed by atoms with Gasteiger partial charge in [0, 0.05) is 31.0 Å². The van der Waals surface area contributed by atoms with Crippen LogP contribution in [-0.2, 0) is 11.2 Å². The van der Waals surface area contributed by atoms with Gasteiger partial charge in [0.15, 0.2) is 0 Å². The molecule has 2 aromatic carbocycles. The van der Waals surface area contributed by atoms with E-state index in [-0.39, 0.29) is 11.7 Å². The first kappa shape index (κ1) is 22.3. The standard InChI is InChI=1S/C26H35FN2O/c1-2-3-4-5-9-20-29(26(30)21-22-10-12-23(27)13-11-22)25-16-14-24(15-17-25)28-18-7-6-8-19-28/h10-17H,2-9,18-21H2,1H3. The molecule has 3 rings (SSSR count). The van der Waals surface area contributed by atoms with Gasteiger partial charge in [0.2, 0.25) is 5.91 Å². The molecule has 1 fully saturated rings. The average Bonchev–Trinajstić information content (AvgIpc) is 2.78. The first-order chi connectivity index (χ1) is 14.7. The number of hydrogen-bond acceptors (Lipinski definition) is 2. The Morgan fingerprint density at radius 2 is 1.57 bits per heavy atom. The molecule has 4 heteroatoms. The van der Waals surface area contributed by atoms with Gasteiger partial charge in [-0.1, -0.05) is 44.7 Å². The second-order valence-corrected chi connectivity index (χ2v) is 8.33. The largest absolute Gasteiger partial charge is 0.372 e. The fourth-order valence-electron chi connectivity index (χ4n) is 4.14. The normalized spacial score (nSPS) is 14.0.